The fraction of sp³-hybridized carbons (Fsp3) is 0.467. The molecule has 0 radical (unpaired) electrons. The number of carbonyl (C=O) groups is 2. The second-order valence-corrected chi connectivity index (χ2v) is 5.23. The van der Waals surface area contributed by atoms with Crippen LogP contribution in [0.3, 0.4) is 0 Å². The minimum absolute atomic E-state index is 0.0188. The third-order valence-electron chi connectivity index (χ3n) is 3.48. The molecule has 0 saturated carbocycles. The monoisotopic (exact) mass is 294 g/mol. The largest absolute Gasteiger partial charge is 0.481 e. The Morgan fingerprint density at radius 2 is 2.29 bits per heavy atom. The Kier molecular flexibility index (Phi) is 4.77. The standard InChI is InChI=1S/C15H19FN2O3/c1-10(21-13-5-3-4-11(16)8-13)15(20)17-12-6-7-18(2)14(19)9-12/h3-5,8,10,12H,6-7,9H2,1-2H3,(H,17,20)/t10-,12+/m0/s1. The summed E-state index contributed by atoms with van der Waals surface area (Å²) in [7, 11) is 1.75. The van der Waals surface area contributed by atoms with Crippen molar-refractivity contribution in [3.05, 3.63) is 30.1 Å². The van der Waals surface area contributed by atoms with Crippen molar-refractivity contribution in [3.8, 4) is 5.75 Å². The number of rotatable bonds is 4. The second kappa shape index (κ2) is 6.56. The zero-order valence-electron chi connectivity index (χ0n) is 12.1. The van der Waals surface area contributed by atoms with Crippen molar-refractivity contribution >= 4 is 11.8 Å². The maximum Gasteiger partial charge on any atom is 0.261 e. The van der Waals surface area contributed by atoms with E-state index in [0.717, 1.165) is 6.42 Å². The summed E-state index contributed by atoms with van der Waals surface area (Å²) in [6.07, 6.45) is 0.275. The number of hydrogen-bond acceptors (Lipinski definition) is 3. The van der Waals surface area contributed by atoms with E-state index in [1.807, 2.05) is 0 Å². The first-order chi connectivity index (χ1) is 9.95. The highest BCUT2D eigenvalue weighted by molar-refractivity contribution is 5.83. The van der Waals surface area contributed by atoms with E-state index in [-0.39, 0.29) is 17.9 Å². The number of hydrogen-bond donors (Lipinski definition) is 1. The number of halogens is 1. The first-order valence-corrected chi connectivity index (χ1v) is 6.92. The average molecular weight is 294 g/mol. The maximum atomic E-state index is 13.0. The number of likely N-dealkylation sites (tertiary alicyclic amines) is 1. The average Bonchev–Trinajstić information content (AvgIpc) is 2.43. The lowest BCUT2D eigenvalue weighted by Gasteiger charge is -2.30. The van der Waals surface area contributed by atoms with Gasteiger partial charge in [-0.2, -0.15) is 0 Å². The summed E-state index contributed by atoms with van der Waals surface area (Å²) in [6.45, 7) is 2.22. The molecule has 2 amide bonds. The molecule has 0 spiro atoms. The molecule has 21 heavy (non-hydrogen) atoms. The van der Waals surface area contributed by atoms with Crippen molar-refractivity contribution in [2.24, 2.45) is 0 Å². The van der Waals surface area contributed by atoms with Crippen LogP contribution in [-0.2, 0) is 9.59 Å². The number of carbonyl (C=O) groups excluding carboxylic acids is 2. The Balaban J connectivity index is 1.86. The Morgan fingerprint density at radius 1 is 1.52 bits per heavy atom. The molecule has 1 fully saturated rings. The van der Waals surface area contributed by atoms with Gasteiger partial charge in [0.2, 0.25) is 5.91 Å². The zero-order valence-corrected chi connectivity index (χ0v) is 12.1. The van der Waals surface area contributed by atoms with Gasteiger partial charge in [-0.3, -0.25) is 9.59 Å². The lowest BCUT2D eigenvalue weighted by atomic mass is 10.0. The van der Waals surface area contributed by atoms with Gasteiger partial charge in [0.05, 0.1) is 0 Å². The lowest BCUT2D eigenvalue weighted by Crippen LogP contribution is -2.49. The van der Waals surface area contributed by atoms with E-state index in [0.29, 0.717) is 18.7 Å². The molecule has 1 N–H and O–H groups in total. The highest BCUT2D eigenvalue weighted by Crippen LogP contribution is 2.15. The van der Waals surface area contributed by atoms with Crippen LogP contribution < -0.4 is 10.1 Å². The number of amides is 2. The van der Waals surface area contributed by atoms with E-state index in [1.165, 1.54) is 18.2 Å². The minimum Gasteiger partial charge on any atom is -0.481 e. The van der Waals surface area contributed by atoms with Crippen molar-refractivity contribution in [1.29, 1.82) is 0 Å². The molecule has 5 nitrogen and oxygen atoms in total. The van der Waals surface area contributed by atoms with Crippen molar-refractivity contribution in [2.45, 2.75) is 31.9 Å². The number of piperidine rings is 1. The molecular formula is C15H19FN2O3. The molecule has 0 aliphatic carbocycles. The van der Waals surface area contributed by atoms with Crippen LogP contribution in [0.1, 0.15) is 19.8 Å². The number of ether oxygens (including phenoxy) is 1. The van der Waals surface area contributed by atoms with Crippen LogP contribution in [0.25, 0.3) is 0 Å². The molecule has 2 rings (SSSR count). The van der Waals surface area contributed by atoms with Crippen LogP contribution in [0.15, 0.2) is 24.3 Å². The van der Waals surface area contributed by atoms with Crippen LogP contribution in [0, 0.1) is 5.82 Å². The maximum absolute atomic E-state index is 13.0. The molecule has 0 bridgehead atoms. The molecule has 1 aliphatic rings. The Morgan fingerprint density at radius 3 is 2.95 bits per heavy atom. The molecule has 0 aromatic heterocycles. The predicted octanol–water partition coefficient (Wildman–Crippen LogP) is 1.33. The molecule has 114 valence electrons. The van der Waals surface area contributed by atoms with Crippen molar-refractivity contribution < 1.29 is 18.7 Å². The van der Waals surface area contributed by atoms with Gasteiger partial charge in [-0.25, -0.2) is 4.39 Å². The van der Waals surface area contributed by atoms with Gasteiger partial charge in [0.25, 0.3) is 5.91 Å². The highest BCUT2D eigenvalue weighted by Gasteiger charge is 2.26. The van der Waals surface area contributed by atoms with Crippen LogP contribution in [0.4, 0.5) is 4.39 Å². The van der Waals surface area contributed by atoms with E-state index in [9.17, 15) is 14.0 Å². The molecule has 1 aromatic rings. The number of nitrogens with one attached hydrogen (secondary N) is 1. The van der Waals surface area contributed by atoms with Crippen molar-refractivity contribution in [3.63, 3.8) is 0 Å². The second-order valence-electron chi connectivity index (χ2n) is 5.23. The van der Waals surface area contributed by atoms with Crippen molar-refractivity contribution in [1.82, 2.24) is 10.2 Å². The van der Waals surface area contributed by atoms with Gasteiger partial charge in [0, 0.05) is 32.1 Å². The van der Waals surface area contributed by atoms with Crippen LogP contribution in [0.5, 0.6) is 5.75 Å². The summed E-state index contributed by atoms with van der Waals surface area (Å²) in [5.41, 5.74) is 0. The van der Waals surface area contributed by atoms with Gasteiger partial charge in [0.15, 0.2) is 6.10 Å². The van der Waals surface area contributed by atoms with Crippen LogP contribution >= 0.6 is 0 Å². The molecule has 1 heterocycles. The SMILES string of the molecule is C[C@H](Oc1cccc(F)c1)C(=O)N[C@@H]1CCN(C)C(=O)C1. The van der Waals surface area contributed by atoms with Crippen molar-refractivity contribution in [2.75, 3.05) is 13.6 Å². The van der Waals surface area contributed by atoms with Crippen LogP contribution in [0.2, 0.25) is 0 Å². The quantitative estimate of drug-likeness (QED) is 0.911. The van der Waals surface area contributed by atoms with E-state index in [2.05, 4.69) is 5.32 Å². The fourth-order valence-corrected chi connectivity index (χ4v) is 2.18. The topological polar surface area (TPSA) is 58.6 Å². The summed E-state index contributed by atoms with van der Waals surface area (Å²) >= 11 is 0. The summed E-state index contributed by atoms with van der Waals surface area (Å²) < 4.78 is 18.4. The first-order valence-electron chi connectivity index (χ1n) is 6.92. The van der Waals surface area contributed by atoms with E-state index >= 15 is 0 Å². The zero-order chi connectivity index (χ0) is 15.4. The minimum atomic E-state index is -0.749. The number of benzene rings is 1. The molecule has 6 heteroatoms. The summed E-state index contributed by atoms with van der Waals surface area (Å²) in [6, 6.07) is 5.47. The molecule has 1 saturated heterocycles. The van der Waals surface area contributed by atoms with Gasteiger partial charge in [-0.1, -0.05) is 6.07 Å². The summed E-state index contributed by atoms with van der Waals surface area (Å²) in [5, 5.41) is 2.80. The third-order valence-corrected chi connectivity index (χ3v) is 3.48. The fourth-order valence-electron chi connectivity index (χ4n) is 2.18. The third kappa shape index (κ3) is 4.18. The van der Waals surface area contributed by atoms with Gasteiger partial charge in [-0.15, -0.1) is 0 Å². The highest BCUT2D eigenvalue weighted by atomic mass is 19.1. The van der Waals surface area contributed by atoms with E-state index < -0.39 is 11.9 Å². The molecule has 2 atom stereocenters. The van der Waals surface area contributed by atoms with Gasteiger partial charge >= 0.3 is 0 Å². The number of nitrogens with zero attached hydrogens (tertiary/aromatic N) is 1. The molecular weight excluding hydrogens is 275 g/mol. The van der Waals surface area contributed by atoms with Gasteiger partial charge in [-0.05, 0) is 25.5 Å². The molecule has 1 aliphatic heterocycles. The first kappa shape index (κ1) is 15.3. The van der Waals surface area contributed by atoms with E-state index in [4.69, 9.17) is 4.74 Å². The summed E-state index contributed by atoms with van der Waals surface area (Å²) in [5.74, 6) is -0.398. The Labute approximate surface area is 123 Å². The Hall–Kier alpha value is -2.11. The molecule has 0 unspecified atom stereocenters. The molecule has 1 aromatic carbocycles. The normalized spacial score (nSPS) is 20.0. The predicted molar refractivity (Wildman–Crippen MR) is 75.3 cm³/mol. The van der Waals surface area contributed by atoms with Crippen LogP contribution in [-0.4, -0.2) is 42.5 Å². The van der Waals surface area contributed by atoms with Gasteiger partial charge < -0.3 is 15.0 Å². The smallest absolute Gasteiger partial charge is 0.261 e. The Bertz CT molecular complexity index is 535. The lowest BCUT2D eigenvalue weighted by molar-refractivity contribution is -0.134. The summed E-state index contributed by atoms with van der Waals surface area (Å²) in [4.78, 5) is 25.3. The van der Waals surface area contributed by atoms with Gasteiger partial charge in [0.1, 0.15) is 11.6 Å². The van der Waals surface area contributed by atoms with E-state index in [1.54, 1.807) is 24.9 Å².